The van der Waals surface area contributed by atoms with Crippen molar-refractivity contribution < 1.29 is 38.1 Å². The normalized spacial score (nSPS) is 26.2. The van der Waals surface area contributed by atoms with Gasteiger partial charge in [-0.3, -0.25) is 14.4 Å². The third-order valence-electron chi connectivity index (χ3n) is 5.83. The van der Waals surface area contributed by atoms with Crippen molar-refractivity contribution in [2.75, 3.05) is 20.3 Å². The number of methoxy groups -OCH3 is 1. The predicted octanol–water partition coefficient (Wildman–Crippen LogP) is 2.73. The topological polar surface area (TPSA) is 105 Å². The van der Waals surface area contributed by atoms with Crippen molar-refractivity contribution in [3.63, 3.8) is 0 Å². The first-order valence-electron chi connectivity index (χ1n) is 10.7. The monoisotopic (exact) mass is 424 g/mol. The zero-order chi connectivity index (χ0) is 21.9. The molecule has 0 aliphatic heterocycles. The van der Waals surface area contributed by atoms with E-state index in [1.54, 1.807) is 0 Å². The summed E-state index contributed by atoms with van der Waals surface area (Å²) in [5.41, 5.74) is 0. The molecule has 0 spiro atoms. The molecule has 2 aliphatic rings. The Hall–Kier alpha value is -2.38. The van der Waals surface area contributed by atoms with Crippen LogP contribution in [0.25, 0.3) is 0 Å². The highest BCUT2D eigenvalue weighted by molar-refractivity contribution is 5.81. The molecular weight excluding hydrogens is 392 g/mol. The minimum absolute atomic E-state index is 0.0968. The van der Waals surface area contributed by atoms with Crippen LogP contribution in [0.5, 0.6) is 0 Å². The summed E-state index contributed by atoms with van der Waals surface area (Å²) in [5.74, 6) is -1.65. The molecule has 0 heterocycles. The van der Waals surface area contributed by atoms with E-state index < -0.39 is 5.97 Å². The van der Waals surface area contributed by atoms with Crippen LogP contribution in [-0.4, -0.2) is 50.3 Å². The summed E-state index contributed by atoms with van der Waals surface area (Å²) in [4.78, 5) is 47.1. The molecule has 0 atom stereocenters. The largest absolute Gasteiger partial charge is 0.469 e. The van der Waals surface area contributed by atoms with Crippen LogP contribution >= 0.6 is 0 Å². The minimum atomic E-state index is -0.497. The number of carbonyl (C=O) groups is 4. The van der Waals surface area contributed by atoms with Gasteiger partial charge in [0.05, 0.1) is 38.1 Å². The van der Waals surface area contributed by atoms with E-state index in [1.165, 1.54) is 7.11 Å². The lowest BCUT2D eigenvalue weighted by Crippen LogP contribution is -2.33. The zero-order valence-electron chi connectivity index (χ0n) is 17.6. The molecular formula is C22H32O8. The Labute approximate surface area is 177 Å². The SMILES string of the molecule is C=CC(=O)OCCCOC(=O)C1CCC(C(=O)OC2CCC(C(=O)OC)CC2)CC1. The molecule has 0 N–H and O–H groups in total. The van der Waals surface area contributed by atoms with E-state index >= 15 is 0 Å². The van der Waals surface area contributed by atoms with Crippen LogP contribution in [0.4, 0.5) is 0 Å². The summed E-state index contributed by atoms with van der Waals surface area (Å²) in [6.45, 7) is 3.68. The van der Waals surface area contributed by atoms with E-state index in [-0.39, 0.29) is 55.0 Å². The lowest BCUT2D eigenvalue weighted by molar-refractivity contribution is -0.161. The van der Waals surface area contributed by atoms with E-state index in [2.05, 4.69) is 6.58 Å². The summed E-state index contributed by atoms with van der Waals surface area (Å²) < 4.78 is 20.5. The van der Waals surface area contributed by atoms with Crippen molar-refractivity contribution in [2.45, 2.75) is 63.9 Å². The Kier molecular flexibility index (Phi) is 9.83. The van der Waals surface area contributed by atoms with E-state index in [1.807, 2.05) is 0 Å². The fraction of sp³-hybridized carbons (Fsp3) is 0.727. The van der Waals surface area contributed by atoms with Crippen LogP contribution in [-0.2, 0) is 38.1 Å². The molecule has 8 heteroatoms. The summed E-state index contributed by atoms with van der Waals surface area (Å²) in [7, 11) is 1.39. The van der Waals surface area contributed by atoms with Crippen LogP contribution in [0.2, 0.25) is 0 Å². The van der Waals surface area contributed by atoms with Crippen LogP contribution < -0.4 is 0 Å². The van der Waals surface area contributed by atoms with Gasteiger partial charge in [0.25, 0.3) is 0 Å². The molecule has 2 aliphatic carbocycles. The zero-order valence-corrected chi connectivity index (χ0v) is 17.6. The minimum Gasteiger partial charge on any atom is -0.469 e. The van der Waals surface area contributed by atoms with Crippen molar-refractivity contribution in [3.05, 3.63) is 12.7 Å². The fourth-order valence-electron chi connectivity index (χ4n) is 3.99. The Morgan fingerprint density at radius 2 is 1.27 bits per heavy atom. The third-order valence-corrected chi connectivity index (χ3v) is 5.83. The third kappa shape index (κ3) is 7.46. The summed E-state index contributed by atoms with van der Waals surface area (Å²) in [5, 5.41) is 0. The molecule has 0 radical (unpaired) electrons. The first-order chi connectivity index (χ1) is 14.4. The number of rotatable bonds is 9. The molecule has 0 unspecified atom stereocenters. The van der Waals surface area contributed by atoms with Gasteiger partial charge in [0.2, 0.25) is 0 Å². The predicted molar refractivity (Wildman–Crippen MR) is 106 cm³/mol. The van der Waals surface area contributed by atoms with Crippen molar-refractivity contribution >= 4 is 23.9 Å². The second-order valence-electron chi connectivity index (χ2n) is 7.87. The molecule has 168 valence electrons. The first-order valence-corrected chi connectivity index (χ1v) is 10.7. The smallest absolute Gasteiger partial charge is 0.330 e. The maximum absolute atomic E-state index is 12.5. The molecule has 0 saturated heterocycles. The molecule has 0 bridgehead atoms. The van der Waals surface area contributed by atoms with Crippen LogP contribution in [0, 0.1) is 17.8 Å². The van der Waals surface area contributed by atoms with Crippen LogP contribution in [0.15, 0.2) is 12.7 Å². The Morgan fingerprint density at radius 1 is 0.767 bits per heavy atom. The van der Waals surface area contributed by atoms with E-state index in [0.717, 1.165) is 6.08 Å². The van der Waals surface area contributed by atoms with Crippen LogP contribution in [0.3, 0.4) is 0 Å². The highest BCUT2D eigenvalue weighted by Gasteiger charge is 2.34. The van der Waals surface area contributed by atoms with Crippen molar-refractivity contribution in [2.24, 2.45) is 17.8 Å². The molecule has 2 rings (SSSR count). The number of hydrogen-bond donors (Lipinski definition) is 0. The molecule has 0 amide bonds. The van der Waals surface area contributed by atoms with Gasteiger partial charge in [-0.05, 0) is 51.4 Å². The number of esters is 4. The summed E-state index contributed by atoms with van der Waals surface area (Å²) in [6.07, 6.45) is 6.49. The molecule has 8 nitrogen and oxygen atoms in total. The van der Waals surface area contributed by atoms with Gasteiger partial charge in [0, 0.05) is 12.5 Å². The van der Waals surface area contributed by atoms with Gasteiger partial charge in [-0.2, -0.15) is 0 Å². The van der Waals surface area contributed by atoms with Gasteiger partial charge in [-0.25, -0.2) is 4.79 Å². The van der Waals surface area contributed by atoms with Crippen molar-refractivity contribution in [3.8, 4) is 0 Å². The lowest BCUT2D eigenvalue weighted by Gasteiger charge is -2.30. The van der Waals surface area contributed by atoms with Gasteiger partial charge < -0.3 is 18.9 Å². The molecule has 30 heavy (non-hydrogen) atoms. The second-order valence-corrected chi connectivity index (χ2v) is 7.87. The van der Waals surface area contributed by atoms with Crippen LogP contribution in [0.1, 0.15) is 57.8 Å². The van der Waals surface area contributed by atoms with E-state index in [0.29, 0.717) is 57.8 Å². The highest BCUT2D eigenvalue weighted by atomic mass is 16.6. The molecule has 0 aromatic rings. The maximum atomic E-state index is 12.5. The average molecular weight is 424 g/mol. The molecule has 0 aromatic carbocycles. The standard InChI is InChI=1S/C22H32O8/c1-3-19(23)28-13-4-14-29-21(25)16-5-7-17(8-6-16)22(26)30-18-11-9-15(10-12-18)20(24)27-2/h3,15-18H,1,4-14H2,2H3. The van der Waals surface area contributed by atoms with Gasteiger partial charge in [-0.15, -0.1) is 0 Å². The van der Waals surface area contributed by atoms with Gasteiger partial charge >= 0.3 is 23.9 Å². The Balaban J connectivity index is 1.61. The van der Waals surface area contributed by atoms with E-state index in [9.17, 15) is 19.2 Å². The molecule has 0 aromatic heterocycles. The van der Waals surface area contributed by atoms with Crippen molar-refractivity contribution in [1.82, 2.24) is 0 Å². The molecule has 2 fully saturated rings. The maximum Gasteiger partial charge on any atom is 0.330 e. The highest BCUT2D eigenvalue weighted by Crippen LogP contribution is 2.32. The summed E-state index contributed by atoms with van der Waals surface area (Å²) in [6, 6.07) is 0. The second kappa shape index (κ2) is 12.3. The van der Waals surface area contributed by atoms with E-state index in [4.69, 9.17) is 18.9 Å². The number of ether oxygens (including phenoxy) is 4. The Bertz CT molecular complexity index is 613. The first kappa shape index (κ1) is 23.9. The fourth-order valence-corrected chi connectivity index (χ4v) is 3.99. The van der Waals surface area contributed by atoms with Gasteiger partial charge in [-0.1, -0.05) is 6.58 Å². The summed E-state index contributed by atoms with van der Waals surface area (Å²) >= 11 is 0. The number of carbonyl (C=O) groups excluding carboxylic acids is 4. The quantitative estimate of drug-likeness (QED) is 0.241. The van der Waals surface area contributed by atoms with Gasteiger partial charge in [0.1, 0.15) is 6.10 Å². The average Bonchev–Trinajstić information content (AvgIpc) is 2.78. The molecule has 2 saturated carbocycles. The number of hydrogen-bond acceptors (Lipinski definition) is 8. The van der Waals surface area contributed by atoms with Crippen molar-refractivity contribution in [1.29, 1.82) is 0 Å². The Morgan fingerprint density at radius 3 is 1.83 bits per heavy atom. The lowest BCUT2D eigenvalue weighted by atomic mass is 9.82. The van der Waals surface area contributed by atoms with Gasteiger partial charge in [0.15, 0.2) is 0 Å².